The highest BCUT2D eigenvalue weighted by molar-refractivity contribution is 6.01. The molecule has 0 bridgehead atoms. The minimum atomic E-state index is 0.0579. The molecule has 1 fully saturated rings. The lowest BCUT2D eigenvalue weighted by atomic mass is 10.1. The van der Waals surface area contributed by atoms with Gasteiger partial charge in [0.05, 0.1) is 54.9 Å². The lowest BCUT2D eigenvalue weighted by Crippen LogP contribution is -2.37. The molecule has 9 nitrogen and oxygen atoms in total. The van der Waals surface area contributed by atoms with E-state index in [1.54, 1.807) is 7.11 Å². The van der Waals surface area contributed by atoms with Crippen LogP contribution in [0.25, 0.3) is 33.2 Å². The number of nitrogens with zero attached hydrogens (tertiary/aromatic N) is 6. The van der Waals surface area contributed by atoms with Gasteiger partial charge >= 0.3 is 0 Å². The maximum absolute atomic E-state index is 5.51. The van der Waals surface area contributed by atoms with Crippen LogP contribution in [0.3, 0.4) is 0 Å². The molecule has 0 aliphatic carbocycles. The van der Waals surface area contributed by atoms with Gasteiger partial charge in [-0.2, -0.15) is 15.2 Å². The number of aromatic nitrogens is 6. The summed E-state index contributed by atoms with van der Waals surface area (Å²) in [6, 6.07) is 6.15. The first-order valence-electron chi connectivity index (χ1n) is 9.75. The number of rotatable bonds is 5. The Labute approximate surface area is 167 Å². The fourth-order valence-electron chi connectivity index (χ4n) is 3.83. The molecule has 150 valence electrons. The summed E-state index contributed by atoms with van der Waals surface area (Å²) in [6.07, 6.45) is 3.68. The molecule has 0 amide bonds. The lowest BCUT2D eigenvalue weighted by Gasteiger charge is -2.27. The smallest absolute Gasteiger partial charge is 0.228 e. The molecule has 1 atom stereocenters. The Hall–Kier alpha value is -3.04. The summed E-state index contributed by atoms with van der Waals surface area (Å²) in [7, 11) is 1.70. The van der Waals surface area contributed by atoms with Crippen molar-refractivity contribution in [1.29, 1.82) is 0 Å². The zero-order chi connectivity index (χ0) is 19.8. The zero-order valence-corrected chi connectivity index (χ0v) is 16.5. The molecule has 29 heavy (non-hydrogen) atoms. The van der Waals surface area contributed by atoms with E-state index in [4.69, 9.17) is 19.4 Å². The van der Waals surface area contributed by atoms with E-state index in [-0.39, 0.29) is 6.04 Å². The second-order valence-corrected chi connectivity index (χ2v) is 7.24. The van der Waals surface area contributed by atoms with Crippen LogP contribution in [-0.4, -0.2) is 70.0 Å². The fourth-order valence-corrected chi connectivity index (χ4v) is 3.83. The van der Waals surface area contributed by atoms with E-state index < -0.39 is 0 Å². The van der Waals surface area contributed by atoms with Gasteiger partial charge in [0.15, 0.2) is 5.65 Å². The van der Waals surface area contributed by atoms with Gasteiger partial charge in [-0.3, -0.25) is 5.10 Å². The molecule has 5 rings (SSSR count). The van der Waals surface area contributed by atoms with Crippen molar-refractivity contribution in [3.63, 3.8) is 0 Å². The van der Waals surface area contributed by atoms with Crippen LogP contribution >= 0.6 is 0 Å². The van der Waals surface area contributed by atoms with Crippen molar-refractivity contribution >= 4 is 27.9 Å². The van der Waals surface area contributed by atoms with Crippen LogP contribution in [0.15, 0.2) is 30.6 Å². The summed E-state index contributed by atoms with van der Waals surface area (Å²) in [5, 5.41) is 13.8. The molecule has 1 saturated heterocycles. The van der Waals surface area contributed by atoms with Crippen molar-refractivity contribution in [2.45, 2.75) is 13.0 Å². The quantitative estimate of drug-likeness (QED) is 0.556. The van der Waals surface area contributed by atoms with Crippen LogP contribution in [0.5, 0.6) is 0 Å². The lowest BCUT2D eigenvalue weighted by molar-refractivity contribution is 0.122. The van der Waals surface area contributed by atoms with Gasteiger partial charge < -0.3 is 14.4 Å². The molecular formula is C20H23N7O2. The molecule has 1 aliphatic heterocycles. The number of H-pyrrole nitrogens is 1. The van der Waals surface area contributed by atoms with E-state index in [1.165, 1.54) is 0 Å². The van der Waals surface area contributed by atoms with Crippen LogP contribution in [0.4, 0.5) is 5.95 Å². The Morgan fingerprint density at radius 1 is 1.17 bits per heavy atom. The molecule has 4 aromatic rings. The van der Waals surface area contributed by atoms with E-state index in [2.05, 4.69) is 33.2 Å². The summed E-state index contributed by atoms with van der Waals surface area (Å²) in [4.78, 5) is 12.0. The first-order chi connectivity index (χ1) is 14.3. The van der Waals surface area contributed by atoms with E-state index in [0.29, 0.717) is 25.8 Å². The number of aromatic amines is 1. The average molecular weight is 393 g/mol. The summed E-state index contributed by atoms with van der Waals surface area (Å²) >= 11 is 0. The van der Waals surface area contributed by atoms with Gasteiger partial charge in [0.2, 0.25) is 5.95 Å². The van der Waals surface area contributed by atoms with Gasteiger partial charge in [0.25, 0.3) is 0 Å². The highest BCUT2D eigenvalue weighted by Gasteiger charge is 2.22. The van der Waals surface area contributed by atoms with Gasteiger partial charge in [0.1, 0.15) is 0 Å². The maximum atomic E-state index is 5.51. The maximum Gasteiger partial charge on any atom is 0.228 e. The molecule has 1 aliphatic rings. The number of methoxy groups -OCH3 is 1. The summed E-state index contributed by atoms with van der Waals surface area (Å²) in [5.74, 6) is 0.697. The first kappa shape index (κ1) is 18.0. The number of ether oxygens (including phenoxy) is 2. The standard InChI is InChI=1S/C20H23N7O2/c1-13(12-28-2)27-19-16(11-22-27)18(14-4-3-5-17-15(14)10-21-25-17)23-20(24-19)26-6-8-29-9-7-26/h3-5,10-11,13H,6-9,12H2,1-2H3,(H,21,25). The normalized spacial score (nSPS) is 16.0. The van der Waals surface area contributed by atoms with Crippen molar-refractivity contribution in [2.75, 3.05) is 44.9 Å². The summed E-state index contributed by atoms with van der Waals surface area (Å²) in [5.41, 5.74) is 3.65. The Kier molecular flexibility index (Phi) is 4.61. The second kappa shape index (κ2) is 7.41. The molecule has 0 saturated carbocycles. The first-order valence-corrected chi connectivity index (χ1v) is 9.75. The summed E-state index contributed by atoms with van der Waals surface area (Å²) in [6.45, 7) is 5.51. The van der Waals surface area contributed by atoms with E-state index in [1.807, 2.05) is 29.2 Å². The predicted molar refractivity (Wildman–Crippen MR) is 110 cm³/mol. The number of nitrogens with one attached hydrogen (secondary N) is 1. The monoisotopic (exact) mass is 393 g/mol. The Balaban J connectivity index is 1.74. The summed E-state index contributed by atoms with van der Waals surface area (Å²) < 4.78 is 12.8. The highest BCUT2D eigenvalue weighted by atomic mass is 16.5. The van der Waals surface area contributed by atoms with Crippen LogP contribution in [0, 0.1) is 0 Å². The van der Waals surface area contributed by atoms with Crippen LogP contribution in [-0.2, 0) is 9.47 Å². The third-order valence-electron chi connectivity index (χ3n) is 5.30. The van der Waals surface area contributed by atoms with Gasteiger partial charge in [-0.05, 0) is 13.0 Å². The Bertz CT molecular complexity index is 1150. The second-order valence-electron chi connectivity index (χ2n) is 7.24. The molecule has 0 spiro atoms. The SMILES string of the molecule is COCC(C)n1ncc2c(-c3cccc4[nH]ncc34)nc(N3CCOCC3)nc21. The average Bonchev–Trinajstić information content (AvgIpc) is 3.40. The van der Waals surface area contributed by atoms with Crippen LogP contribution in [0.1, 0.15) is 13.0 Å². The largest absolute Gasteiger partial charge is 0.382 e. The fraction of sp³-hybridized carbons (Fsp3) is 0.400. The van der Waals surface area contributed by atoms with Gasteiger partial charge in [-0.15, -0.1) is 0 Å². The van der Waals surface area contributed by atoms with Crippen LogP contribution in [0.2, 0.25) is 0 Å². The van der Waals surface area contributed by atoms with Gasteiger partial charge in [-0.1, -0.05) is 12.1 Å². The van der Waals surface area contributed by atoms with E-state index in [0.717, 1.165) is 46.3 Å². The van der Waals surface area contributed by atoms with Gasteiger partial charge in [0, 0.05) is 31.1 Å². The molecule has 3 aromatic heterocycles. The minimum absolute atomic E-state index is 0.0579. The minimum Gasteiger partial charge on any atom is -0.382 e. The number of hydrogen-bond acceptors (Lipinski definition) is 7. The third-order valence-corrected chi connectivity index (χ3v) is 5.30. The van der Waals surface area contributed by atoms with Crippen molar-refractivity contribution in [1.82, 2.24) is 29.9 Å². The molecule has 1 unspecified atom stereocenters. The topological polar surface area (TPSA) is 94.0 Å². The molecule has 9 heteroatoms. The molecule has 0 radical (unpaired) electrons. The third kappa shape index (κ3) is 3.12. The van der Waals surface area contributed by atoms with Gasteiger partial charge in [-0.25, -0.2) is 9.67 Å². The number of benzene rings is 1. The van der Waals surface area contributed by atoms with Crippen molar-refractivity contribution < 1.29 is 9.47 Å². The Morgan fingerprint density at radius 2 is 2.03 bits per heavy atom. The number of anilines is 1. The van der Waals surface area contributed by atoms with Crippen molar-refractivity contribution in [3.05, 3.63) is 30.6 Å². The van der Waals surface area contributed by atoms with Crippen LogP contribution < -0.4 is 4.90 Å². The number of hydrogen-bond donors (Lipinski definition) is 1. The molecule has 1 N–H and O–H groups in total. The highest BCUT2D eigenvalue weighted by Crippen LogP contribution is 2.33. The van der Waals surface area contributed by atoms with Crippen molar-refractivity contribution in [3.8, 4) is 11.3 Å². The van der Waals surface area contributed by atoms with E-state index in [9.17, 15) is 0 Å². The number of fused-ring (bicyclic) bond motifs is 2. The molecular weight excluding hydrogens is 370 g/mol. The zero-order valence-electron chi connectivity index (χ0n) is 16.5. The van der Waals surface area contributed by atoms with E-state index >= 15 is 0 Å². The number of morpholine rings is 1. The molecule has 4 heterocycles. The van der Waals surface area contributed by atoms with Crippen molar-refractivity contribution in [2.24, 2.45) is 0 Å². The predicted octanol–water partition coefficient (Wildman–Crippen LogP) is 2.41. The molecule has 1 aromatic carbocycles. The Morgan fingerprint density at radius 3 is 2.86 bits per heavy atom.